The Morgan fingerprint density at radius 1 is 1.30 bits per heavy atom. The maximum absolute atomic E-state index is 12.3. The predicted molar refractivity (Wildman–Crippen MR) is 89.4 cm³/mol. The van der Waals surface area contributed by atoms with Crippen LogP contribution in [0.25, 0.3) is 0 Å². The van der Waals surface area contributed by atoms with E-state index in [2.05, 4.69) is 18.2 Å². The van der Waals surface area contributed by atoms with Gasteiger partial charge in [0.2, 0.25) is 5.91 Å². The van der Waals surface area contributed by atoms with Gasteiger partial charge in [-0.15, -0.1) is 0 Å². The summed E-state index contributed by atoms with van der Waals surface area (Å²) in [4.78, 5) is 14.3. The van der Waals surface area contributed by atoms with Crippen molar-refractivity contribution in [1.82, 2.24) is 0 Å². The summed E-state index contributed by atoms with van der Waals surface area (Å²) in [5.74, 6) is 1.61. The smallest absolute Gasteiger partial charge is 0.226 e. The van der Waals surface area contributed by atoms with Crippen LogP contribution < -0.4 is 4.90 Å². The Kier molecular flexibility index (Phi) is 4.94. The summed E-state index contributed by atoms with van der Waals surface area (Å²) >= 11 is 0. The fraction of sp³-hybridized carbons (Fsp3) is 0.562. The van der Waals surface area contributed by atoms with Crippen LogP contribution in [0.1, 0.15) is 37.7 Å². The van der Waals surface area contributed by atoms with Gasteiger partial charge in [-0.2, -0.15) is 0 Å². The normalized spacial score (nSPS) is 21.2. The molecule has 0 radical (unpaired) electrons. The van der Waals surface area contributed by atoms with Crippen LogP contribution in [0, 0.1) is 0 Å². The van der Waals surface area contributed by atoms with Gasteiger partial charge in [-0.25, -0.2) is 0 Å². The molecule has 2 heterocycles. The number of carbonyl (C=O) groups excluding carboxylic acids is 1. The summed E-state index contributed by atoms with van der Waals surface area (Å²) < 4.78 is 0. The third kappa shape index (κ3) is 3.34. The van der Waals surface area contributed by atoms with Crippen molar-refractivity contribution < 1.29 is 4.79 Å². The Balaban J connectivity index is 1.43. The van der Waals surface area contributed by atoms with Crippen molar-refractivity contribution in [3.63, 3.8) is 0 Å². The second-order valence-electron chi connectivity index (χ2n) is 5.50. The molecule has 2 nitrogen and oxygen atoms in total. The van der Waals surface area contributed by atoms with Crippen LogP contribution in [0.2, 0.25) is 0 Å². The van der Waals surface area contributed by atoms with Crippen molar-refractivity contribution in [3.8, 4) is 0 Å². The molecule has 1 fully saturated rings. The van der Waals surface area contributed by atoms with Crippen LogP contribution in [0.3, 0.4) is 0 Å². The Labute approximate surface area is 129 Å². The molecule has 3 rings (SSSR count). The number of anilines is 1. The van der Waals surface area contributed by atoms with E-state index in [1.807, 2.05) is 32.6 Å². The lowest BCUT2D eigenvalue weighted by Crippen LogP contribution is -2.28. The Hall–Kier alpha value is -0.610. The molecule has 0 N–H and O–H groups in total. The highest BCUT2D eigenvalue weighted by Crippen LogP contribution is 2.40. The Morgan fingerprint density at radius 2 is 2.20 bits per heavy atom. The van der Waals surface area contributed by atoms with Crippen LogP contribution in [-0.4, -0.2) is 23.5 Å². The van der Waals surface area contributed by atoms with Gasteiger partial charge in [0.05, 0.1) is 0 Å². The minimum absolute atomic E-state index is 0.309. The quantitative estimate of drug-likeness (QED) is 0.598. The fourth-order valence-corrected chi connectivity index (χ4v) is 5.97. The largest absolute Gasteiger partial charge is 0.312 e. The van der Waals surface area contributed by atoms with Gasteiger partial charge in [-0.05, 0) is 37.3 Å². The third-order valence-corrected chi connectivity index (χ3v) is 7.09. The van der Waals surface area contributed by atoms with Crippen molar-refractivity contribution >= 4 is 33.2 Å². The van der Waals surface area contributed by atoms with E-state index in [4.69, 9.17) is 0 Å². The molecule has 1 atom stereocenters. The van der Waals surface area contributed by atoms with Crippen molar-refractivity contribution in [2.75, 3.05) is 17.2 Å². The van der Waals surface area contributed by atoms with Crippen LogP contribution in [-0.2, 0) is 11.2 Å². The van der Waals surface area contributed by atoms with Crippen LogP contribution in [0.4, 0.5) is 5.69 Å². The highest BCUT2D eigenvalue weighted by atomic mass is 33.1. The van der Waals surface area contributed by atoms with E-state index in [1.54, 1.807) is 0 Å². The number of rotatable bonds is 5. The molecule has 0 saturated carbocycles. The molecular weight excluding hydrogens is 286 g/mol. The van der Waals surface area contributed by atoms with Crippen molar-refractivity contribution in [2.24, 2.45) is 0 Å². The van der Waals surface area contributed by atoms with Gasteiger partial charge in [0.1, 0.15) is 0 Å². The second kappa shape index (κ2) is 6.90. The number of hydrogen-bond acceptors (Lipinski definition) is 3. The van der Waals surface area contributed by atoms with Crippen molar-refractivity contribution in [3.05, 3.63) is 29.8 Å². The number of para-hydroxylation sites is 1. The number of benzene rings is 1. The summed E-state index contributed by atoms with van der Waals surface area (Å²) in [6.45, 7) is 0.868. The molecule has 2 aliphatic rings. The minimum atomic E-state index is 0.309. The van der Waals surface area contributed by atoms with Gasteiger partial charge >= 0.3 is 0 Å². The first-order chi connectivity index (χ1) is 9.84. The average molecular weight is 307 g/mol. The lowest BCUT2D eigenvalue weighted by atomic mass is 10.1. The second-order valence-corrected chi connectivity index (χ2v) is 8.29. The van der Waals surface area contributed by atoms with E-state index in [1.165, 1.54) is 30.6 Å². The first kappa shape index (κ1) is 14.3. The first-order valence-corrected chi connectivity index (χ1v) is 9.89. The molecule has 0 aliphatic carbocycles. The van der Waals surface area contributed by atoms with E-state index < -0.39 is 0 Å². The summed E-state index contributed by atoms with van der Waals surface area (Å²) in [7, 11) is 4.04. The highest BCUT2D eigenvalue weighted by molar-refractivity contribution is 8.77. The van der Waals surface area contributed by atoms with E-state index >= 15 is 0 Å². The lowest BCUT2D eigenvalue weighted by Gasteiger charge is -2.17. The first-order valence-electron chi connectivity index (χ1n) is 7.51. The van der Waals surface area contributed by atoms with E-state index in [0.717, 1.165) is 30.3 Å². The zero-order valence-electron chi connectivity index (χ0n) is 11.7. The summed E-state index contributed by atoms with van der Waals surface area (Å²) in [6.07, 6.45) is 6.58. The molecule has 2 aliphatic heterocycles. The molecule has 1 aromatic rings. The van der Waals surface area contributed by atoms with Gasteiger partial charge in [0.25, 0.3) is 0 Å². The molecule has 20 heavy (non-hydrogen) atoms. The summed E-state index contributed by atoms with van der Waals surface area (Å²) in [5, 5.41) is 0.836. The average Bonchev–Trinajstić information content (AvgIpc) is 3.12. The summed E-state index contributed by atoms with van der Waals surface area (Å²) in [5.41, 5.74) is 2.46. The number of carbonyl (C=O) groups is 1. The van der Waals surface area contributed by atoms with Crippen LogP contribution in [0.5, 0.6) is 0 Å². The number of unbranched alkanes of at least 4 members (excludes halogenated alkanes) is 1. The van der Waals surface area contributed by atoms with Gasteiger partial charge in [-0.3, -0.25) is 4.79 Å². The Morgan fingerprint density at radius 3 is 3.05 bits per heavy atom. The van der Waals surface area contributed by atoms with Crippen molar-refractivity contribution in [2.45, 2.75) is 43.8 Å². The fourth-order valence-electron chi connectivity index (χ4n) is 2.94. The molecule has 0 spiro atoms. The molecule has 1 amide bonds. The van der Waals surface area contributed by atoms with Gasteiger partial charge in [0, 0.05) is 29.7 Å². The van der Waals surface area contributed by atoms with Gasteiger partial charge in [0.15, 0.2) is 0 Å². The SMILES string of the molecule is O=C(CCCCC1CCSS1)N1CCc2ccccc21. The topological polar surface area (TPSA) is 20.3 Å². The molecule has 108 valence electrons. The van der Waals surface area contributed by atoms with E-state index in [0.29, 0.717) is 12.3 Å². The molecule has 0 bridgehead atoms. The molecule has 4 heteroatoms. The summed E-state index contributed by atoms with van der Waals surface area (Å²) in [6, 6.07) is 8.30. The molecular formula is C16H21NOS2. The maximum atomic E-state index is 12.3. The standard InChI is InChI=1S/C16H21NOS2/c18-16(8-4-2-6-14-10-12-19-20-14)17-11-9-13-5-1-3-7-15(13)17/h1,3,5,7,14H,2,4,6,8-12H2. The zero-order chi connectivity index (χ0) is 13.8. The monoisotopic (exact) mass is 307 g/mol. The number of fused-ring (bicyclic) bond motifs is 1. The zero-order valence-corrected chi connectivity index (χ0v) is 13.3. The van der Waals surface area contributed by atoms with E-state index in [9.17, 15) is 4.79 Å². The van der Waals surface area contributed by atoms with Crippen LogP contribution >= 0.6 is 21.6 Å². The lowest BCUT2D eigenvalue weighted by molar-refractivity contribution is -0.118. The molecule has 1 aromatic carbocycles. The van der Waals surface area contributed by atoms with E-state index in [-0.39, 0.29) is 0 Å². The van der Waals surface area contributed by atoms with Crippen molar-refractivity contribution in [1.29, 1.82) is 0 Å². The molecule has 0 aromatic heterocycles. The van der Waals surface area contributed by atoms with Gasteiger partial charge < -0.3 is 4.90 Å². The molecule has 1 unspecified atom stereocenters. The Bertz CT molecular complexity index is 471. The van der Waals surface area contributed by atoms with Gasteiger partial charge in [-0.1, -0.05) is 46.2 Å². The number of nitrogens with zero attached hydrogens (tertiary/aromatic N) is 1. The van der Waals surface area contributed by atoms with Crippen LogP contribution in [0.15, 0.2) is 24.3 Å². The maximum Gasteiger partial charge on any atom is 0.226 e. The highest BCUT2D eigenvalue weighted by Gasteiger charge is 2.23. The predicted octanol–water partition coefficient (Wildman–Crippen LogP) is 4.29. The molecule has 1 saturated heterocycles. The minimum Gasteiger partial charge on any atom is -0.312 e. The third-order valence-electron chi connectivity index (χ3n) is 4.08. The number of hydrogen-bond donors (Lipinski definition) is 0. The number of amides is 1.